The molecule has 4 N–H and O–H groups in total. The number of nitrogens with one attached hydrogen (secondary N) is 3. The molecule has 0 saturated heterocycles. The summed E-state index contributed by atoms with van der Waals surface area (Å²) in [4.78, 5) is 18.3. The van der Waals surface area contributed by atoms with Gasteiger partial charge in [0.15, 0.2) is 0 Å². The first-order valence-corrected chi connectivity index (χ1v) is 13.5. The van der Waals surface area contributed by atoms with Crippen LogP contribution < -0.4 is 10.6 Å². The maximum atomic E-state index is 9.65. The summed E-state index contributed by atoms with van der Waals surface area (Å²) in [6.45, 7) is 12.7. The van der Waals surface area contributed by atoms with Gasteiger partial charge in [0.1, 0.15) is 12.0 Å². The molecule has 0 amide bonds. The third-order valence-corrected chi connectivity index (χ3v) is 5.78. The molecule has 0 radical (unpaired) electrons. The molecule has 7 heteroatoms. The molecule has 1 aromatic heterocycles. The first-order valence-electron chi connectivity index (χ1n) is 12.5. The summed E-state index contributed by atoms with van der Waals surface area (Å²) in [5, 5.41) is 15.2. The number of hydrogen-bond acceptors (Lipinski definition) is 6. The molecule has 0 unspecified atom stereocenters. The van der Waals surface area contributed by atoms with Gasteiger partial charge in [-0.15, -0.1) is 11.8 Å². The van der Waals surface area contributed by atoms with E-state index < -0.39 is 0 Å². The van der Waals surface area contributed by atoms with Crippen LogP contribution >= 0.6 is 11.8 Å². The number of nitrogens with zero attached hydrogens (tertiary/aromatic N) is 1. The van der Waals surface area contributed by atoms with Gasteiger partial charge in [-0.1, -0.05) is 61.6 Å². The number of allylic oxidation sites excluding steroid dienone is 7. The number of aliphatic hydroxyl groups excluding tert-OH is 1. The summed E-state index contributed by atoms with van der Waals surface area (Å²) in [5.74, 6) is 1.65. The number of rotatable bonds is 12. The minimum Gasteiger partial charge on any atom is -0.508 e. The van der Waals surface area contributed by atoms with Crippen LogP contribution in [0.15, 0.2) is 90.4 Å². The van der Waals surface area contributed by atoms with E-state index in [1.54, 1.807) is 12.2 Å². The summed E-state index contributed by atoms with van der Waals surface area (Å²) in [5.41, 5.74) is 4.42. The highest BCUT2D eigenvalue weighted by atomic mass is 32.2. The fourth-order valence-electron chi connectivity index (χ4n) is 3.14. The molecule has 2 aromatic rings. The lowest BCUT2D eigenvalue weighted by Crippen LogP contribution is -2.07. The topological polar surface area (TPSA) is 90.0 Å². The molecule has 1 aliphatic carbocycles. The Bertz CT molecular complexity index is 1050. The lowest BCUT2D eigenvalue weighted by molar-refractivity contribution is -0.105. The molecule has 0 atom stereocenters. The first kappa shape index (κ1) is 31.7. The Balaban J connectivity index is 0.000000372. The van der Waals surface area contributed by atoms with Crippen molar-refractivity contribution in [3.05, 3.63) is 95.9 Å². The van der Waals surface area contributed by atoms with Gasteiger partial charge in [-0.25, -0.2) is 4.98 Å². The van der Waals surface area contributed by atoms with E-state index in [0.29, 0.717) is 11.5 Å². The number of imidazole rings is 1. The molecule has 1 aromatic carbocycles. The highest BCUT2D eigenvalue weighted by Gasteiger charge is 2.04. The van der Waals surface area contributed by atoms with Gasteiger partial charge in [0.05, 0.1) is 17.6 Å². The van der Waals surface area contributed by atoms with Crippen molar-refractivity contribution in [1.29, 1.82) is 0 Å². The van der Waals surface area contributed by atoms with E-state index in [1.807, 2.05) is 38.4 Å². The monoisotopic (exact) mass is 522 g/mol. The van der Waals surface area contributed by atoms with Crippen LogP contribution in [0.25, 0.3) is 11.3 Å². The minimum absolute atomic E-state index is 0.356. The smallest absolute Gasteiger partial charge is 0.204 e. The van der Waals surface area contributed by atoms with E-state index in [1.165, 1.54) is 30.2 Å². The van der Waals surface area contributed by atoms with Crippen molar-refractivity contribution in [2.75, 3.05) is 24.7 Å². The number of anilines is 1. The predicted octanol–water partition coefficient (Wildman–Crippen LogP) is 7.49. The Labute approximate surface area is 226 Å². The number of aldehydes is 1. The fraction of sp³-hybridized carbons (Fsp3) is 0.333. The van der Waals surface area contributed by atoms with Gasteiger partial charge in [0.25, 0.3) is 0 Å². The number of hydrogen-bond donors (Lipinski definition) is 4. The van der Waals surface area contributed by atoms with Crippen LogP contribution in [0.4, 0.5) is 5.95 Å². The number of benzene rings is 1. The lowest BCUT2D eigenvalue weighted by Gasteiger charge is -2.07. The maximum Gasteiger partial charge on any atom is 0.204 e. The van der Waals surface area contributed by atoms with Gasteiger partial charge in [-0.3, -0.25) is 0 Å². The highest BCUT2D eigenvalue weighted by Crippen LogP contribution is 2.20. The van der Waals surface area contributed by atoms with E-state index in [4.69, 9.17) is 5.11 Å². The number of aliphatic hydroxyl groups is 1. The Morgan fingerprint density at radius 3 is 2.73 bits per heavy atom. The van der Waals surface area contributed by atoms with E-state index in [0.717, 1.165) is 59.9 Å². The van der Waals surface area contributed by atoms with Crippen molar-refractivity contribution in [2.24, 2.45) is 0 Å². The normalized spacial score (nSPS) is 11.7. The zero-order chi connectivity index (χ0) is 27.3. The zero-order valence-corrected chi connectivity index (χ0v) is 23.2. The number of carbonyl (C=O) groups is 1. The van der Waals surface area contributed by atoms with Crippen LogP contribution in [0.2, 0.25) is 0 Å². The maximum absolute atomic E-state index is 9.65. The Morgan fingerprint density at radius 2 is 2.05 bits per heavy atom. The molecule has 3 rings (SSSR count). The van der Waals surface area contributed by atoms with Crippen molar-refractivity contribution in [3.63, 3.8) is 0 Å². The summed E-state index contributed by atoms with van der Waals surface area (Å²) in [6.07, 6.45) is 17.3. The quantitative estimate of drug-likeness (QED) is 0.171. The second kappa shape index (κ2) is 19.8. The van der Waals surface area contributed by atoms with Crippen molar-refractivity contribution in [1.82, 2.24) is 15.3 Å². The molecule has 0 bridgehead atoms. The summed E-state index contributed by atoms with van der Waals surface area (Å²) >= 11 is 1.47. The molecule has 1 heterocycles. The molecular weight excluding hydrogens is 480 g/mol. The Morgan fingerprint density at radius 1 is 1.24 bits per heavy atom. The summed E-state index contributed by atoms with van der Waals surface area (Å²) in [6, 6.07) is 8.38. The van der Waals surface area contributed by atoms with Crippen molar-refractivity contribution in [2.45, 2.75) is 46.0 Å². The molecular formula is C30H42N4O2S. The van der Waals surface area contributed by atoms with E-state index in [2.05, 4.69) is 64.9 Å². The van der Waals surface area contributed by atoms with E-state index >= 15 is 0 Å². The first-order chi connectivity index (χ1) is 17.8. The second-order valence-corrected chi connectivity index (χ2v) is 9.81. The molecule has 0 aliphatic heterocycles. The number of H-pyrrole nitrogens is 1. The summed E-state index contributed by atoms with van der Waals surface area (Å²) in [7, 11) is 1.99. The second-order valence-electron chi connectivity index (χ2n) is 8.49. The van der Waals surface area contributed by atoms with E-state index in [9.17, 15) is 4.79 Å². The van der Waals surface area contributed by atoms with Gasteiger partial charge in [0, 0.05) is 5.70 Å². The van der Waals surface area contributed by atoms with Crippen LogP contribution in [0.5, 0.6) is 0 Å². The highest BCUT2D eigenvalue weighted by molar-refractivity contribution is 8.03. The Hall–Kier alpha value is -3.29. The van der Waals surface area contributed by atoms with Crippen LogP contribution in [0.1, 0.15) is 44.6 Å². The van der Waals surface area contributed by atoms with Crippen molar-refractivity contribution in [3.8, 4) is 11.3 Å². The summed E-state index contributed by atoms with van der Waals surface area (Å²) < 4.78 is 0. The zero-order valence-electron chi connectivity index (χ0n) is 22.4. The van der Waals surface area contributed by atoms with Crippen LogP contribution in [-0.2, 0) is 4.79 Å². The number of aryl methyl sites for hydroxylation is 1. The molecule has 6 nitrogen and oxygen atoms in total. The van der Waals surface area contributed by atoms with Crippen molar-refractivity contribution >= 4 is 24.0 Å². The Kier molecular flexibility index (Phi) is 17.0. The third-order valence-electron chi connectivity index (χ3n) is 4.98. The SMILES string of the molecule is C=C(C)SCC=O.C=C(CCCCCNC)Nc1ncc(-c2cccc(C)c2)[nH]1.OC1=CCC=CC=C1. The third kappa shape index (κ3) is 16.1. The molecule has 0 fully saturated rings. The number of aromatic amines is 1. The van der Waals surface area contributed by atoms with Crippen LogP contribution in [-0.4, -0.2) is 40.7 Å². The average Bonchev–Trinajstić information content (AvgIpc) is 3.20. The number of thioether (sulfide) groups is 1. The molecule has 200 valence electrons. The molecule has 0 saturated carbocycles. The van der Waals surface area contributed by atoms with Gasteiger partial charge in [-0.05, 0) is 81.8 Å². The van der Waals surface area contributed by atoms with Crippen molar-refractivity contribution < 1.29 is 9.90 Å². The van der Waals surface area contributed by atoms with Gasteiger partial charge in [-0.2, -0.15) is 0 Å². The number of unbranched alkanes of at least 4 members (excludes halogenated alkanes) is 2. The molecule has 37 heavy (non-hydrogen) atoms. The fourth-order valence-corrected chi connectivity index (χ4v) is 3.49. The molecule has 1 aliphatic rings. The van der Waals surface area contributed by atoms with Crippen LogP contribution in [0.3, 0.4) is 0 Å². The number of aromatic nitrogens is 2. The molecule has 0 spiro atoms. The largest absolute Gasteiger partial charge is 0.508 e. The van der Waals surface area contributed by atoms with Gasteiger partial charge in [0.2, 0.25) is 5.95 Å². The lowest BCUT2D eigenvalue weighted by atomic mass is 10.1. The number of carbonyl (C=O) groups excluding carboxylic acids is 1. The minimum atomic E-state index is 0.356. The van der Waals surface area contributed by atoms with Crippen LogP contribution in [0, 0.1) is 6.92 Å². The average molecular weight is 523 g/mol. The van der Waals surface area contributed by atoms with Gasteiger partial charge < -0.3 is 25.5 Å². The van der Waals surface area contributed by atoms with E-state index in [-0.39, 0.29) is 0 Å². The standard InChI is InChI=1S/C18H26N4.C7H8O.C5H8OS/c1-14-8-7-10-16(12-14)17-13-20-18(22-17)21-15(2)9-5-4-6-11-19-3;8-7-5-3-1-2-4-6-7;1-5(2)7-4-3-6/h7-8,10,12-13,19H,2,4-6,9,11H2,1,3H3,(H2,20,21,22);1-3,5-6,8H,4H2;3H,1,4H2,2H3. The predicted molar refractivity (Wildman–Crippen MR) is 161 cm³/mol. The van der Waals surface area contributed by atoms with Gasteiger partial charge >= 0.3 is 0 Å².